The molecule has 1 saturated heterocycles. The van der Waals surface area contributed by atoms with Gasteiger partial charge in [0.25, 0.3) is 0 Å². The zero-order valence-electron chi connectivity index (χ0n) is 18.8. The van der Waals surface area contributed by atoms with Gasteiger partial charge in [-0.25, -0.2) is 18.5 Å². The Bertz CT molecular complexity index is 1170. The summed E-state index contributed by atoms with van der Waals surface area (Å²) in [5, 5.41) is 3.08. The number of hydrogen-bond donors (Lipinski definition) is 2. The normalized spacial score (nSPS) is 18.6. The lowest BCUT2D eigenvalue weighted by Gasteiger charge is -2.40. The molecule has 5 rings (SSSR count). The lowest BCUT2D eigenvalue weighted by molar-refractivity contribution is -0.124. The van der Waals surface area contributed by atoms with Crippen LogP contribution in [-0.4, -0.2) is 50.7 Å². The van der Waals surface area contributed by atoms with Crippen molar-refractivity contribution in [3.63, 3.8) is 0 Å². The van der Waals surface area contributed by atoms with E-state index in [0.29, 0.717) is 32.0 Å². The van der Waals surface area contributed by atoms with E-state index in [9.17, 15) is 9.00 Å². The number of benzene rings is 2. The maximum absolute atomic E-state index is 13.3. The highest BCUT2D eigenvalue weighted by Crippen LogP contribution is 2.45. The van der Waals surface area contributed by atoms with Gasteiger partial charge in [0.1, 0.15) is 11.0 Å². The zero-order chi connectivity index (χ0) is 23.5. The Morgan fingerprint density at radius 1 is 0.971 bits per heavy atom. The number of ether oxygens (including phenoxy) is 1. The molecule has 34 heavy (non-hydrogen) atoms. The van der Waals surface area contributed by atoms with E-state index in [1.807, 2.05) is 52.8 Å². The first kappa shape index (κ1) is 22.6. The fourth-order valence-electron chi connectivity index (χ4n) is 4.41. The van der Waals surface area contributed by atoms with Gasteiger partial charge < -0.3 is 15.8 Å². The first-order chi connectivity index (χ1) is 16.5. The van der Waals surface area contributed by atoms with Crippen LogP contribution in [0.15, 0.2) is 65.8 Å². The summed E-state index contributed by atoms with van der Waals surface area (Å²) in [7, 11) is -1.22. The molecule has 2 fully saturated rings. The minimum Gasteiger partial charge on any atom is -0.379 e. The van der Waals surface area contributed by atoms with Crippen molar-refractivity contribution in [1.82, 2.24) is 14.3 Å². The second kappa shape index (κ2) is 9.61. The van der Waals surface area contributed by atoms with Gasteiger partial charge in [0, 0.05) is 36.7 Å². The van der Waals surface area contributed by atoms with Crippen LogP contribution in [0.4, 0.5) is 11.6 Å². The number of morpholine rings is 1. The molecule has 0 bridgehead atoms. The SMILES string of the molecule is Nc1ncc(-c2ccc(C3(C(=O)Nc4ccc(S(=O)N5CCOCC5)cc4)CCC3)cc2)cn1. The molecule has 2 aromatic carbocycles. The number of anilines is 2. The molecule has 1 saturated carbocycles. The minimum atomic E-state index is -1.22. The topological polar surface area (TPSA) is 110 Å². The molecule has 3 N–H and O–H groups in total. The first-order valence-corrected chi connectivity index (χ1v) is 12.5. The molecule has 1 aliphatic heterocycles. The van der Waals surface area contributed by atoms with Crippen molar-refractivity contribution in [2.75, 3.05) is 37.4 Å². The number of nitrogen functional groups attached to an aromatic ring is 1. The molecule has 1 aromatic heterocycles. The summed E-state index contributed by atoms with van der Waals surface area (Å²) >= 11 is 0. The summed E-state index contributed by atoms with van der Waals surface area (Å²) < 4.78 is 20.0. The average molecular weight is 478 g/mol. The Kier molecular flexibility index (Phi) is 6.40. The van der Waals surface area contributed by atoms with E-state index in [2.05, 4.69) is 15.3 Å². The molecule has 0 spiro atoms. The number of hydrogen-bond acceptors (Lipinski definition) is 6. The van der Waals surface area contributed by atoms with E-state index in [1.54, 1.807) is 12.4 Å². The van der Waals surface area contributed by atoms with Crippen molar-refractivity contribution in [2.24, 2.45) is 0 Å². The summed E-state index contributed by atoms with van der Waals surface area (Å²) in [6.45, 7) is 2.49. The molecule has 0 radical (unpaired) electrons. The number of rotatable bonds is 6. The van der Waals surface area contributed by atoms with Crippen molar-refractivity contribution >= 4 is 28.5 Å². The van der Waals surface area contributed by atoms with Gasteiger partial charge in [-0.2, -0.15) is 0 Å². The standard InChI is InChI=1S/C25H27N5O3S/c26-24-27-16-19(17-28-24)18-2-4-20(5-3-18)25(10-1-11-25)23(31)29-21-6-8-22(9-7-21)34(32)30-12-14-33-15-13-30/h2-9,16-17H,1,10-15H2,(H,29,31)(H2,26,27,28). The maximum Gasteiger partial charge on any atom is 0.235 e. The number of carbonyl (C=O) groups excluding carboxylic acids is 1. The van der Waals surface area contributed by atoms with Gasteiger partial charge >= 0.3 is 0 Å². The van der Waals surface area contributed by atoms with Crippen molar-refractivity contribution < 1.29 is 13.7 Å². The van der Waals surface area contributed by atoms with Crippen LogP contribution in [0, 0.1) is 0 Å². The van der Waals surface area contributed by atoms with E-state index >= 15 is 0 Å². The van der Waals surface area contributed by atoms with Crippen molar-refractivity contribution in [1.29, 1.82) is 0 Å². The van der Waals surface area contributed by atoms with E-state index in [1.165, 1.54) is 0 Å². The van der Waals surface area contributed by atoms with Crippen LogP contribution >= 0.6 is 0 Å². The summed E-state index contributed by atoms with van der Waals surface area (Å²) in [5.41, 5.74) is 8.60. The minimum absolute atomic E-state index is 0.00984. The van der Waals surface area contributed by atoms with E-state index in [-0.39, 0.29) is 11.9 Å². The predicted octanol–water partition coefficient (Wildman–Crippen LogP) is 3.14. The Hall–Kier alpha value is -3.14. The van der Waals surface area contributed by atoms with Gasteiger partial charge in [0.05, 0.1) is 23.5 Å². The van der Waals surface area contributed by atoms with Crippen LogP contribution in [0.1, 0.15) is 24.8 Å². The molecular formula is C25H27N5O3S. The summed E-state index contributed by atoms with van der Waals surface area (Å²) in [5.74, 6) is 0.232. The van der Waals surface area contributed by atoms with E-state index in [0.717, 1.165) is 40.8 Å². The second-order valence-electron chi connectivity index (χ2n) is 8.61. The Labute approximate surface area is 201 Å². The summed E-state index contributed by atoms with van der Waals surface area (Å²) in [6, 6.07) is 15.3. The number of nitrogens with zero attached hydrogens (tertiary/aromatic N) is 3. The number of aromatic nitrogens is 2. The Balaban J connectivity index is 1.28. The Morgan fingerprint density at radius 3 is 2.21 bits per heavy atom. The van der Waals surface area contributed by atoms with Gasteiger partial charge in [-0.15, -0.1) is 0 Å². The zero-order valence-corrected chi connectivity index (χ0v) is 19.6. The fraction of sp³-hybridized carbons (Fsp3) is 0.320. The largest absolute Gasteiger partial charge is 0.379 e. The van der Waals surface area contributed by atoms with Crippen LogP contribution in [0.2, 0.25) is 0 Å². The molecule has 9 heteroatoms. The van der Waals surface area contributed by atoms with Crippen LogP contribution in [-0.2, 0) is 25.9 Å². The number of amides is 1. The molecule has 1 atom stereocenters. The van der Waals surface area contributed by atoms with Crippen molar-refractivity contribution in [3.8, 4) is 11.1 Å². The van der Waals surface area contributed by atoms with Crippen LogP contribution < -0.4 is 11.1 Å². The first-order valence-electron chi connectivity index (χ1n) is 11.4. The van der Waals surface area contributed by atoms with E-state index < -0.39 is 16.4 Å². The van der Waals surface area contributed by atoms with Gasteiger partial charge in [0.15, 0.2) is 0 Å². The summed E-state index contributed by atoms with van der Waals surface area (Å²) in [4.78, 5) is 22.2. The molecular weight excluding hydrogens is 450 g/mol. The third-order valence-electron chi connectivity index (χ3n) is 6.60. The monoisotopic (exact) mass is 477 g/mol. The molecule has 8 nitrogen and oxygen atoms in total. The highest BCUT2D eigenvalue weighted by Gasteiger charge is 2.45. The van der Waals surface area contributed by atoms with Crippen LogP contribution in [0.3, 0.4) is 0 Å². The molecule has 1 amide bonds. The number of nitrogens with two attached hydrogens (primary N) is 1. The molecule has 3 aromatic rings. The van der Waals surface area contributed by atoms with Crippen molar-refractivity contribution in [3.05, 3.63) is 66.5 Å². The summed E-state index contributed by atoms with van der Waals surface area (Å²) in [6.07, 6.45) is 6.01. The van der Waals surface area contributed by atoms with Gasteiger partial charge in [-0.1, -0.05) is 30.7 Å². The lowest BCUT2D eigenvalue weighted by Crippen LogP contribution is -2.46. The van der Waals surface area contributed by atoms with Crippen molar-refractivity contribution in [2.45, 2.75) is 29.6 Å². The number of nitrogens with one attached hydrogen (secondary N) is 1. The smallest absolute Gasteiger partial charge is 0.235 e. The average Bonchev–Trinajstić information content (AvgIpc) is 2.85. The second-order valence-corrected chi connectivity index (χ2v) is 10.1. The Morgan fingerprint density at radius 2 is 1.62 bits per heavy atom. The third kappa shape index (κ3) is 4.46. The van der Waals surface area contributed by atoms with Gasteiger partial charge in [-0.3, -0.25) is 4.79 Å². The van der Waals surface area contributed by atoms with Gasteiger partial charge in [0.2, 0.25) is 11.9 Å². The third-order valence-corrected chi connectivity index (χ3v) is 8.11. The quantitative estimate of drug-likeness (QED) is 0.564. The highest BCUT2D eigenvalue weighted by atomic mass is 32.2. The maximum atomic E-state index is 13.3. The fourth-order valence-corrected chi connectivity index (χ4v) is 5.56. The lowest BCUT2D eigenvalue weighted by atomic mass is 9.63. The molecule has 1 aliphatic carbocycles. The molecule has 2 heterocycles. The highest BCUT2D eigenvalue weighted by molar-refractivity contribution is 7.82. The van der Waals surface area contributed by atoms with E-state index in [4.69, 9.17) is 10.5 Å². The molecule has 2 aliphatic rings. The van der Waals surface area contributed by atoms with Crippen LogP contribution in [0.5, 0.6) is 0 Å². The number of carbonyl (C=O) groups is 1. The van der Waals surface area contributed by atoms with Crippen LogP contribution in [0.25, 0.3) is 11.1 Å². The van der Waals surface area contributed by atoms with Gasteiger partial charge in [-0.05, 0) is 48.2 Å². The predicted molar refractivity (Wildman–Crippen MR) is 131 cm³/mol. The molecule has 176 valence electrons. The molecule has 1 unspecified atom stereocenters.